The maximum atomic E-state index is 4.42. The second-order valence-corrected chi connectivity index (χ2v) is 2.92. The molecule has 0 aromatic heterocycles. The van der Waals surface area contributed by atoms with Gasteiger partial charge in [-0.05, 0) is 0 Å². The van der Waals surface area contributed by atoms with Crippen LogP contribution in [0.5, 0.6) is 0 Å². The second kappa shape index (κ2) is 5.46. The Labute approximate surface area is 63.4 Å². The first-order chi connectivity index (χ1) is 3.81. The number of rotatable bonds is 3. The van der Waals surface area contributed by atoms with Crippen LogP contribution in [0.15, 0.2) is 4.99 Å². The molecular weight excluding hydrogens is 185 g/mol. The van der Waals surface area contributed by atoms with E-state index in [0.29, 0.717) is 4.94 Å². The van der Waals surface area contributed by atoms with Crippen molar-refractivity contribution in [3.8, 4) is 0 Å². The molecule has 0 saturated carbocycles. The van der Waals surface area contributed by atoms with Gasteiger partial charge in [0.2, 0.25) is 0 Å². The van der Waals surface area contributed by atoms with E-state index in [4.69, 9.17) is 0 Å². The standard InChI is InChI=1S/C5H9NSSe/c1-2-3-5(8)6-4-7/h5,8H,2-3H2,1H3. The Morgan fingerprint density at radius 3 is 2.88 bits per heavy atom. The first-order valence-electron chi connectivity index (χ1n) is 2.56. The predicted octanol–water partition coefficient (Wildman–Crippen LogP) is 1.12. The Morgan fingerprint density at radius 1 is 1.88 bits per heavy atom. The zero-order valence-electron chi connectivity index (χ0n) is 4.79. The molecule has 0 radical (unpaired) electrons. The van der Waals surface area contributed by atoms with Gasteiger partial charge in [-0.25, -0.2) is 0 Å². The molecule has 0 N–H and O–H groups in total. The summed E-state index contributed by atoms with van der Waals surface area (Å²) >= 11 is 6.88. The van der Waals surface area contributed by atoms with Crippen LogP contribution in [0, 0.1) is 0 Å². The molecule has 0 spiro atoms. The number of isothiocyanates is 1. The van der Waals surface area contributed by atoms with Crippen LogP contribution in [0.3, 0.4) is 0 Å². The molecule has 0 saturated heterocycles. The molecule has 0 amide bonds. The van der Waals surface area contributed by atoms with Crippen molar-refractivity contribution in [3.05, 3.63) is 0 Å². The summed E-state index contributed by atoms with van der Waals surface area (Å²) in [6.45, 7) is 2.12. The van der Waals surface area contributed by atoms with Gasteiger partial charge in [-0.2, -0.15) is 0 Å². The first-order valence-corrected chi connectivity index (χ1v) is 4.05. The molecule has 0 heterocycles. The van der Waals surface area contributed by atoms with E-state index in [1.54, 1.807) is 0 Å². The molecule has 0 aromatic rings. The summed E-state index contributed by atoms with van der Waals surface area (Å²) in [6, 6.07) is 0. The number of nitrogens with zero attached hydrogens (tertiary/aromatic N) is 1. The summed E-state index contributed by atoms with van der Waals surface area (Å²) in [5, 5.41) is 2.34. The van der Waals surface area contributed by atoms with Gasteiger partial charge in [0.15, 0.2) is 0 Å². The van der Waals surface area contributed by atoms with E-state index < -0.39 is 0 Å². The normalized spacial score (nSPS) is 12.2. The van der Waals surface area contributed by atoms with Crippen LogP contribution in [0.25, 0.3) is 0 Å². The predicted molar refractivity (Wildman–Crippen MR) is 40.9 cm³/mol. The van der Waals surface area contributed by atoms with Crippen molar-refractivity contribution in [2.45, 2.75) is 24.7 Å². The van der Waals surface area contributed by atoms with Crippen molar-refractivity contribution in [2.24, 2.45) is 4.99 Å². The van der Waals surface area contributed by atoms with Crippen LogP contribution < -0.4 is 0 Å². The Kier molecular flexibility index (Phi) is 5.67. The first kappa shape index (κ1) is 8.32. The molecule has 0 aliphatic heterocycles. The molecule has 46 valence electrons. The summed E-state index contributed by atoms with van der Waals surface area (Å²) < 4.78 is 0. The van der Waals surface area contributed by atoms with Crippen molar-refractivity contribution in [1.82, 2.24) is 0 Å². The average Bonchev–Trinajstić information content (AvgIpc) is 1.68. The van der Waals surface area contributed by atoms with Gasteiger partial charge in [-0.3, -0.25) is 0 Å². The van der Waals surface area contributed by atoms with E-state index in [-0.39, 0.29) is 0 Å². The van der Waals surface area contributed by atoms with E-state index in [0.717, 1.165) is 12.8 Å². The van der Waals surface area contributed by atoms with Crippen LogP contribution >= 0.6 is 12.2 Å². The van der Waals surface area contributed by atoms with Gasteiger partial charge in [0.05, 0.1) is 0 Å². The van der Waals surface area contributed by atoms with Crippen LogP contribution in [0.1, 0.15) is 19.8 Å². The summed E-state index contributed by atoms with van der Waals surface area (Å²) in [4.78, 5) is 4.16. The molecule has 0 aliphatic rings. The van der Waals surface area contributed by atoms with Gasteiger partial charge in [0, 0.05) is 0 Å². The monoisotopic (exact) mass is 195 g/mol. The Bertz CT molecular complexity index is 98.6. The van der Waals surface area contributed by atoms with E-state index in [2.05, 4.69) is 45.3 Å². The van der Waals surface area contributed by atoms with E-state index in [1.807, 2.05) is 0 Å². The molecule has 1 atom stereocenters. The van der Waals surface area contributed by atoms with Crippen LogP contribution in [0.2, 0.25) is 0 Å². The molecule has 0 fully saturated rings. The van der Waals surface area contributed by atoms with Crippen LogP contribution in [-0.4, -0.2) is 26.1 Å². The molecule has 1 nitrogen and oxygen atoms in total. The SMILES string of the molecule is CCCC([SeH])N=C=S. The summed E-state index contributed by atoms with van der Waals surface area (Å²) in [5.41, 5.74) is 0. The average molecular weight is 194 g/mol. The molecule has 0 bridgehead atoms. The summed E-state index contributed by atoms with van der Waals surface area (Å²) in [7, 11) is 0. The van der Waals surface area contributed by atoms with Crippen molar-refractivity contribution >= 4 is 33.4 Å². The third-order valence-corrected chi connectivity index (χ3v) is 1.64. The summed E-state index contributed by atoms with van der Waals surface area (Å²) in [5.74, 6) is 0. The van der Waals surface area contributed by atoms with Gasteiger partial charge in [0.1, 0.15) is 0 Å². The molecule has 0 rings (SSSR count). The molecule has 1 unspecified atom stereocenters. The fourth-order valence-corrected chi connectivity index (χ4v) is 1.34. The van der Waals surface area contributed by atoms with E-state index in [9.17, 15) is 0 Å². The van der Waals surface area contributed by atoms with Crippen LogP contribution in [-0.2, 0) is 0 Å². The Morgan fingerprint density at radius 2 is 2.50 bits per heavy atom. The minimum absolute atomic E-state index is 0.310. The zero-order valence-corrected chi connectivity index (χ0v) is 7.49. The van der Waals surface area contributed by atoms with Crippen LogP contribution in [0.4, 0.5) is 0 Å². The number of aliphatic imine (C=N–C) groups is 1. The fraction of sp³-hybridized carbons (Fsp3) is 0.800. The van der Waals surface area contributed by atoms with Gasteiger partial charge in [0.25, 0.3) is 0 Å². The third-order valence-electron chi connectivity index (χ3n) is 0.749. The third kappa shape index (κ3) is 4.48. The maximum absolute atomic E-state index is 4.42. The van der Waals surface area contributed by atoms with Crippen molar-refractivity contribution in [1.29, 1.82) is 0 Å². The van der Waals surface area contributed by atoms with Gasteiger partial charge in [-0.1, -0.05) is 0 Å². The Balaban J connectivity index is 3.31. The number of hydrogen-bond donors (Lipinski definition) is 0. The molecule has 0 aliphatic carbocycles. The zero-order chi connectivity index (χ0) is 6.41. The van der Waals surface area contributed by atoms with Crippen molar-refractivity contribution in [2.75, 3.05) is 0 Å². The van der Waals surface area contributed by atoms with Crippen molar-refractivity contribution < 1.29 is 0 Å². The molecular formula is C5H9NSSe. The molecule has 3 heteroatoms. The number of thiocarbonyl (C=S) groups is 1. The number of hydrogen-bond acceptors (Lipinski definition) is 2. The summed E-state index contributed by atoms with van der Waals surface area (Å²) in [6.07, 6.45) is 2.24. The molecule has 8 heavy (non-hydrogen) atoms. The van der Waals surface area contributed by atoms with Gasteiger partial charge in [-0.15, -0.1) is 0 Å². The quantitative estimate of drug-likeness (QED) is 0.372. The second-order valence-electron chi connectivity index (χ2n) is 1.49. The topological polar surface area (TPSA) is 12.4 Å². The Hall–Kier alpha value is 0.319. The van der Waals surface area contributed by atoms with Crippen molar-refractivity contribution in [3.63, 3.8) is 0 Å². The molecule has 0 aromatic carbocycles. The van der Waals surface area contributed by atoms with Gasteiger partial charge >= 0.3 is 63.1 Å². The fourth-order valence-electron chi connectivity index (χ4n) is 0.384. The van der Waals surface area contributed by atoms with E-state index in [1.165, 1.54) is 0 Å². The van der Waals surface area contributed by atoms with E-state index >= 15 is 0 Å². The minimum atomic E-state index is 0.310. The van der Waals surface area contributed by atoms with Gasteiger partial charge < -0.3 is 0 Å².